The third-order valence-corrected chi connectivity index (χ3v) is 3.28. The van der Waals surface area contributed by atoms with Gasteiger partial charge in [0.25, 0.3) is 0 Å². The van der Waals surface area contributed by atoms with Crippen LogP contribution in [0.25, 0.3) is 10.9 Å². The molecule has 1 heterocycles. The Hall–Kier alpha value is -0.930. The highest BCUT2D eigenvalue weighted by molar-refractivity contribution is 8.23. The largest absolute Gasteiger partial charge is 0.246 e. The van der Waals surface area contributed by atoms with E-state index in [4.69, 9.17) is 12.2 Å². The zero-order chi connectivity index (χ0) is 9.97. The zero-order valence-corrected chi connectivity index (χ0v) is 9.36. The van der Waals surface area contributed by atoms with E-state index in [0.29, 0.717) is 0 Å². The van der Waals surface area contributed by atoms with Crippen LogP contribution in [0.5, 0.6) is 0 Å². The maximum absolute atomic E-state index is 5.19. The second-order valence-corrected chi connectivity index (χ2v) is 4.36. The maximum Gasteiger partial charge on any atom is 0.0960 e. The fraction of sp³-hybridized carbons (Fsp3) is 0.0909. The van der Waals surface area contributed by atoms with Crippen molar-refractivity contribution in [2.45, 2.75) is 0 Å². The number of nitrogens with zero attached hydrogens (tertiary/aromatic N) is 1. The van der Waals surface area contributed by atoms with Crippen molar-refractivity contribution in [1.29, 1.82) is 0 Å². The summed E-state index contributed by atoms with van der Waals surface area (Å²) in [7, 11) is 0. The molecule has 0 fully saturated rings. The Labute approximate surface area is 92.5 Å². The molecular formula is C11H9NS2. The van der Waals surface area contributed by atoms with Crippen LogP contribution in [0.15, 0.2) is 36.4 Å². The highest BCUT2D eigenvalue weighted by atomic mass is 32.2. The van der Waals surface area contributed by atoms with Gasteiger partial charge in [0, 0.05) is 5.39 Å². The summed E-state index contributed by atoms with van der Waals surface area (Å²) in [6.07, 6.45) is 1.97. The van der Waals surface area contributed by atoms with E-state index in [1.54, 1.807) is 11.8 Å². The molecule has 0 unspecified atom stereocenters. The van der Waals surface area contributed by atoms with E-state index in [-0.39, 0.29) is 0 Å². The first-order valence-corrected chi connectivity index (χ1v) is 5.88. The van der Waals surface area contributed by atoms with Gasteiger partial charge in [0.15, 0.2) is 0 Å². The van der Waals surface area contributed by atoms with Crippen LogP contribution in [0, 0.1) is 0 Å². The predicted molar refractivity (Wildman–Crippen MR) is 67.0 cm³/mol. The van der Waals surface area contributed by atoms with Crippen LogP contribution in [0.1, 0.15) is 5.69 Å². The lowest BCUT2D eigenvalue weighted by atomic mass is 10.2. The summed E-state index contributed by atoms with van der Waals surface area (Å²) in [6, 6.07) is 12.1. The fourth-order valence-electron chi connectivity index (χ4n) is 1.28. The Morgan fingerprint density at radius 3 is 2.79 bits per heavy atom. The fourth-order valence-corrected chi connectivity index (χ4v) is 1.72. The maximum atomic E-state index is 5.19. The average Bonchev–Trinajstić information content (AvgIpc) is 2.27. The standard InChI is InChI=1S/C11H9NS2/c1-14-11(13)10-7-6-8-4-2-3-5-9(8)12-10/h2-7H,1H3. The molecule has 0 N–H and O–H groups in total. The van der Waals surface area contributed by atoms with Crippen molar-refractivity contribution >= 4 is 39.1 Å². The first-order valence-electron chi connectivity index (χ1n) is 4.25. The van der Waals surface area contributed by atoms with E-state index < -0.39 is 0 Å². The van der Waals surface area contributed by atoms with E-state index >= 15 is 0 Å². The Morgan fingerprint density at radius 2 is 2.00 bits per heavy atom. The summed E-state index contributed by atoms with van der Waals surface area (Å²) in [5.74, 6) is 0. The van der Waals surface area contributed by atoms with Gasteiger partial charge in [0.2, 0.25) is 0 Å². The Balaban J connectivity index is 2.56. The normalized spacial score (nSPS) is 10.4. The van der Waals surface area contributed by atoms with Crippen LogP contribution in [0.3, 0.4) is 0 Å². The van der Waals surface area contributed by atoms with Crippen LogP contribution < -0.4 is 0 Å². The lowest BCUT2D eigenvalue weighted by molar-refractivity contribution is 1.39. The lowest BCUT2D eigenvalue weighted by Gasteiger charge is -2.01. The molecule has 3 heteroatoms. The second kappa shape index (κ2) is 4.07. The number of rotatable bonds is 1. The number of thioether (sulfide) groups is 1. The van der Waals surface area contributed by atoms with Crippen molar-refractivity contribution in [2.24, 2.45) is 0 Å². The number of aromatic nitrogens is 1. The van der Waals surface area contributed by atoms with Crippen LogP contribution in [-0.2, 0) is 0 Å². The van der Waals surface area contributed by atoms with Gasteiger partial charge in [0.05, 0.1) is 15.4 Å². The molecule has 2 rings (SSSR count). The molecule has 0 bridgehead atoms. The minimum absolute atomic E-state index is 0.843. The molecule has 1 nitrogen and oxygen atoms in total. The molecule has 0 spiro atoms. The van der Waals surface area contributed by atoms with Crippen molar-refractivity contribution in [2.75, 3.05) is 6.26 Å². The van der Waals surface area contributed by atoms with Gasteiger partial charge in [-0.25, -0.2) is 4.98 Å². The van der Waals surface area contributed by atoms with E-state index in [1.807, 2.05) is 36.6 Å². The van der Waals surface area contributed by atoms with Gasteiger partial charge in [-0.15, -0.1) is 11.8 Å². The molecular weight excluding hydrogens is 210 g/mol. The minimum Gasteiger partial charge on any atom is -0.246 e. The number of para-hydroxylation sites is 1. The molecule has 0 aliphatic carbocycles. The first-order chi connectivity index (χ1) is 6.81. The van der Waals surface area contributed by atoms with Crippen molar-refractivity contribution in [3.63, 3.8) is 0 Å². The van der Waals surface area contributed by atoms with Gasteiger partial charge < -0.3 is 0 Å². The van der Waals surface area contributed by atoms with Crippen molar-refractivity contribution in [1.82, 2.24) is 4.98 Å². The molecule has 14 heavy (non-hydrogen) atoms. The zero-order valence-electron chi connectivity index (χ0n) is 7.73. The van der Waals surface area contributed by atoms with Gasteiger partial charge in [-0.1, -0.05) is 36.5 Å². The molecule has 1 aromatic heterocycles. The number of hydrogen-bond donors (Lipinski definition) is 0. The van der Waals surface area contributed by atoms with Gasteiger partial charge in [-0.2, -0.15) is 0 Å². The quantitative estimate of drug-likeness (QED) is 0.683. The molecule has 0 saturated heterocycles. The number of pyridine rings is 1. The number of thiocarbonyl (C=S) groups is 1. The summed E-state index contributed by atoms with van der Waals surface area (Å²) in [5.41, 5.74) is 1.90. The van der Waals surface area contributed by atoms with E-state index in [1.165, 1.54) is 0 Å². The highest BCUT2D eigenvalue weighted by Crippen LogP contribution is 2.15. The molecule has 0 saturated carbocycles. The summed E-state index contributed by atoms with van der Waals surface area (Å²) in [6.45, 7) is 0. The summed E-state index contributed by atoms with van der Waals surface area (Å²) in [5, 5.41) is 1.15. The summed E-state index contributed by atoms with van der Waals surface area (Å²) < 4.78 is 0.843. The van der Waals surface area contributed by atoms with E-state index in [9.17, 15) is 0 Å². The lowest BCUT2D eigenvalue weighted by Crippen LogP contribution is -1.94. The smallest absolute Gasteiger partial charge is 0.0960 e. The minimum atomic E-state index is 0.843. The molecule has 0 amide bonds. The predicted octanol–water partition coefficient (Wildman–Crippen LogP) is 3.27. The topological polar surface area (TPSA) is 12.9 Å². The van der Waals surface area contributed by atoms with E-state index in [0.717, 1.165) is 20.8 Å². The summed E-state index contributed by atoms with van der Waals surface area (Å²) >= 11 is 6.74. The van der Waals surface area contributed by atoms with Crippen molar-refractivity contribution < 1.29 is 0 Å². The average molecular weight is 219 g/mol. The molecule has 0 aliphatic rings. The SMILES string of the molecule is CSC(=S)c1ccc2ccccc2n1. The number of benzene rings is 1. The molecule has 2 aromatic rings. The van der Waals surface area contributed by atoms with Crippen LogP contribution in [-0.4, -0.2) is 15.4 Å². The van der Waals surface area contributed by atoms with Crippen LogP contribution >= 0.6 is 24.0 Å². The molecule has 0 aliphatic heterocycles. The Kier molecular flexibility index (Phi) is 2.79. The molecule has 70 valence electrons. The van der Waals surface area contributed by atoms with Gasteiger partial charge in [0.1, 0.15) is 0 Å². The summed E-state index contributed by atoms with van der Waals surface area (Å²) in [4.78, 5) is 4.48. The van der Waals surface area contributed by atoms with Crippen molar-refractivity contribution in [3.05, 3.63) is 42.1 Å². The number of fused-ring (bicyclic) bond motifs is 1. The van der Waals surface area contributed by atoms with Crippen LogP contribution in [0.2, 0.25) is 0 Å². The van der Waals surface area contributed by atoms with Gasteiger partial charge in [-0.05, 0) is 18.4 Å². The number of hydrogen-bond acceptors (Lipinski definition) is 3. The van der Waals surface area contributed by atoms with Gasteiger partial charge in [-0.3, -0.25) is 0 Å². The second-order valence-electron chi connectivity index (χ2n) is 2.88. The van der Waals surface area contributed by atoms with Gasteiger partial charge >= 0.3 is 0 Å². The Bertz CT molecular complexity index is 479. The molecule has 1 aromatic carbocycles. The molecule has 0 atom stereocenters. The van der Waals surface area contributed by atoms with Crippen molar-refractivity contribution in [3.8, 4) is 0 Å². The highest BCUT2D eigenvalue weighted by Gasteiger charge is 2.01. The molecule has 0 radical (unpaired) electrons. The third-order valence-electron chi connectivity index (χ3n) is 1.99. The first kappa shape index (κ1) is 9.62. The van der Waals surface area contributed by atoms with Crippen LogP contribution in [0.4, 0.5) is 0 Å². The van der Waals surface area contributed by atoms with E-state index in [2.05, 4.69) is 11.1 Å². The third kappa shape index (κ3) is 1.79. The monoisotopic (exact) mass is 219 g/mol. The Morgan fingerprint density at radius 1 is 1.21 bits per heavy atom.